The number of nitrogens with zero attached hydrogens (tertiary/aromatic N) is 1. The number of aliphatic carboxylic acids is 1. The minimum atomic E-state index is -1.14. The molecule has 1 aliphatic heterocycles. The summed E-state index contributed by atoms with van der Waals surface area (Å²) in [6.07, 6.45) is 0.877. The second-order valence-electron chi connectivity index (χ2n) is 4.99. The van der Waals surface area contributed by atoms with Crippen LogP contribution in [0.3, 0.4) is 0 Å². The molecule has 3 atom stereocenters. The van der Waals surface area contributed by atoms with Gasteiger partial charge in [0.25, 0.3) is 0 Å². The van der Waals surface area contributed by atoms with Gasteiger partial charge in [0.1, 0.15) is 6.04 Å². The molecule has 1 heterocycles. The molecule has 1 saturated heterocycles. The Hall–Kier alpha value is -0.880. The molecule has 0 N–H and O–H groups in total. The summed E-state index contributed by atoms with van der Waals surface area (Å²) in [7, 11) is 1.32. The average Bonchev–Trinajstić information content (AvgIpc) is 2.91. The largest absolute Gasteiger partial charge is 1.00 e. The molecule has 108 valence electrons. The van der Waals surface area contributed by atoms with Crippen molar-refractivity contribution in [3.8, 4) is 0 Å². The third-order valence-electron chi connectivity index (χ3n) is 3.91. The van der Waals surface area contributed by atoms with E-state index >= 15 is 0 Å². The maximum Gasteiger partial charge on any atom is 1.00 e. The van der Waals surface area contributed by atoms with Crippen molar-refractivity contribution in [2.45, 2.75) is 37.9 Å². The van der Waals surface area contributed by atoms with Crippen molar-refractivity contribution in [1.29, 1.82) is 0 Å². The fourth-order valence-corrected chi connectivity index (χ4v) is 2.89. The molecule has 1 aromatic carbocycles. The van der Waals surface area contributed by atoms with E-state index in [0.29, 0.717) is 12.8 Å². The van der Waals surface area contributed by atoms with E-state index in [0.717, 1.165) is 5.56 Å². The molecule has 0 aromatic heterocycles. The van der Waals surface area contributed by atoms with Gasteiger partial charge in [0.2, 0.25) is 0 Å². The summed E-state index contributed by atoms with van der Waals surface area (Å²) >= 11 is 0. The van der Waals surface area contributed by atoms with E-state index < -0.39 is 24.0 Å². The van der Waals surface area contributed by atoms with Crippen molar-refractivity contribution in [2.24, 2.45) is 0 Å². The summed E-state index contributed by atoms with van der Waals surface area (Å²) in [4.78, 5) is 24.8. The van der Waals surface area contributed by atoms with Gasteiger partial charge in [0.15, 0.2) is 0 Å². The van der Waals surface area contributed by atoms with Crippen LogP contribution in [0.15, 0.2) is 30.3 Å². The normalized spacial score (nSPS) is 23.1. The monoisotopic (exact) mass is 299 g/mol. The van der Waals surface area contributed by atoms with Crippen LogP contribution < -0.4 is 34.7 Å². The van der Waals surface area contributed by atoms with Crippen LogP contribution in [-0.2, 0) is 14.3 Å². The first-order chi connectivity index (χ1) is 9.56. The van der Waals surface area contributed by atoms with E-state index in [1.54, 1.807) is 4.90 Å². The average molecular weight is 299 g/mol. The van der Waals surface area contributed by atoms with Gasteiger partial charge in [-0.15, -0.1) is 0 Å². The van der Waals surface area contributed by atoms with Crippen LogP contribution in [0.25, 0.3) is 0 Å². The summed E-state index contributed by atoms with van der Waals surface area (Å²) in [5.41, 5.74) is 0.967. The summed E-state index contributed by atoms with van der Waals surface area (Å²) in [6.45, 7) is 1.90. The Kier molecular flexibility index (Phi) is 6.87. The fraction of sp³-hybridized carbons (Fsp3) is 0.467. The number of carbonyl (C=O) groups is 2. The van der Waals surface area contributed by atoms with Crippen LogP contribution >= 0.6 is 0 Å². The van der Waals surface area contributed by atoms with Crippen LogP contribution in [0.1, 0.15) is 31.4 Å². The molecular weight excluding hydrogens is 281 g/mol. The van der Waals surface area contributed by atoms with Crippen LogP contribution in [-0.4, -0.2) is 36.0 Å². The molecule has 1 fully saturated rings. The van der Waals surface area contributed by atoms with Gasteiger partial charge in [0.05, 0.1) is 19.1 Å². The number of likely N-dealkylation sites (tertiary alicyclic amines) is 1. The van der Waals surface area contributed by atoms with E-state index in [1.165, 1.54) is 7.11 Å². The number of carboxylic acid groups (broad SMARTS) is 1. The third kappa shape index (κ3) is 3.86. The number of methoxy groups -OCH3 is 1. The number of esters is 1. The predicted molar refractivity (Wildman–Crippen MR) is 70.5 cm³/mol. The number of hydrogen-bond acceptors (Lipinski definition) is 5. The first kappa shape index (κ1) is 18.2. The van der Waals surface area contributed by atoms with Gasteiger partial charge < -0.3 is 14.6 Å². The molecule has 0 radical (unpaired) electrons. The molecule has 21 heavy (non-hydrogen) atoms. The molecular formula is C15H18NNaO4. The molecule has 0 spiro atoms. The predicted octanol–water partition coefficient (Wildman–Crippen LogP) is -2.49. The molecule has 0 unspecified atom stereocenters. The Morgan fingerprint density at radius 1 is 1.24 bits per heavy atom. The zero-order valence-corrected chi connectivity index (χ0v) is 14.6. The van der Waals surface area contributed by atoms with Crippen LogP contribution in [0.5, 0.6) is 0 Å². The quantitative estimate of drug-likeness (QED) is 0.454. The smallest absolute Gasteiger partial charge is 0.548 e. The van der Waals surface area contributed by atoms with E-state index in [4.69, 9.17) is 4.74 Å². The Morgan fingerprint density at radius 2 is 1.81 bits per heavy atom. The molecule has 0 amide bonds. The van der Waals surface area contributed by atoms with Gasteiger partial charge in [-0.25, -0.2) is 0 Å². The molecule has 6 heteroatoms. The Labute approximate surface area is 146 Å². The second kappa shape index (κ2) is 7.94. The van der Waals surface area contributed by atoms with Gasteiger partial charge in [-0.3, -0.25) is 9.69 Å². The minimum absolute atomic E-state index is 0. The third-order valence-corrected chi connectivity index (χ3v) is 3.91. The van der Waals surface area contributed by atoms with Crippen molar-refractivity contribution < 1.29 is 49.0 Å². The summed E-state index contributed by atoms with van der Waals surface area (Å²) in [5, 5.41) is 11.3. The zero-order chi connectivity index (χ0) is 14.7. The van der Waals surface area contributed by atoms with Gasteiger partial charge in [-0.2, -0.15) is 0 Å². The van der Waals surface area contributed by atoms with Gasteiger partial charge in [-0.1, -0.05) is 30.3 Å². The first-order valence-electron chi connectivity index (χ1n) is 6.67. The van der Waals surface area contributed by atoms with E-state index in [9.17, 15) is 14.7 Å². The molecule has 0 aliphatic carbocycles. The number of benzene rings is 1. The topological polar surface area (TPSA) is 69.7 Å². The van der Waals surface area contributed by atoms with E-state index in [-0.39, 0.29) is 35.6 Å². The van der Waals surface area contributed by atoms with Crippen molar-refractivity contribution >= 4 is 11.9 Å². The molecule has 1 aromatic rings. The summed E-state index contributed by atoms with van der Waals surface area (Å²) in [5.74, 6) is -1.53. The van der Waals surface area contributed by atoms with Crippen molar-refractivity contribution in [2.75, 3.05) is 7.11 Å². The van der Waals surface area contributed by atoms with Crippen molar-refractivity contribution in [3.63, 3.8) is 0 Å². The fourth-order valence-electron chi connectivity index (χ4n) is 2.89. The van der Waals surface area contributed by atoms with Gasteiger partial charge in [0, 0.05) is 6.04 Å². The number of rotatable bonds is 4. The maximum atomic E-state index is 11.9. The molecule has 0 bridgehead atoms. The van der Waals surface area contributed by atoms with Gasteiger partial charge >= 0.3 is 35.5 Å². The Bertz CT molecular complexity index is 494. The van der Waals surface area contributed by atoms with Crippen molar-refractivity contribution in [1.82, 2.24) is 4.90 Å². The second-order valence-corrected chi connectivity index (χ2v) is 4.99. The van der Waals surface area contributed by atoms with Gasteiger partial charge in [-0.05, 0) is 25.3 Å². The number of ether oxygens (including phenoxy) is 1. The Balaban J connectivity index is 0.00000220. The Morgan fingerprint density at radius 3 is 2.33 bits per heavy atom. The number of carbonyl (C=O) groups excluding carboxylic acids is 2. The SMILES string of the molecule is COC(=O)[C@@H]1CC[C@H](C(=O)[O-])N1[C@@H](C)c1ccccc1.[Na+]. The van der Waals surface area contributed by atoms with E-state index in [2.05, 4.69) is 0 Å². The standard InChI is InChI=1S/C15H19NO4.Na/c1-10(11-6-4-3-5-7-11)16-12(14(17)18)8-9-13(16)15(19)20-2;/h3-7,10,12-13H,8-9H2,1-2H3,(H,17,18);/q;+1/p-1/t10-,12+,13-;/m0./s1. The number of hydrogen-bond donors (Lipinski definition) is 0. The zero-order valence-electron chi connectivity index (χ0n) is 12.6. The molecule has 0 saturated carbocycles. The number of carboxylic acids is 1. The van der Waals surface area contributed by atoms with Crippen molar-refractivity contribution in [3.05, 3.63) is 35.9 Å². The molecule has 2 rings (SSSR count). The van der Waals surface area contributed by atoms with E-state index in [1.807, 2.05) is 37.3 Å². The summed E-state index contributed by atoms with van der Waals surface area (Å²) < 4.78 is 4.78. The summed E-state index contributed by atoms with van der Waals surface area (Å²) in [6, 6.07) is 8.05. The maximum absolute atomic E-state index is 11.9. The van der Waals surface area contributed by atoms with Crippen LogP contribution in [0.2, 0.25) is 0 Å². The molecule has 1 aliphatic rings. The van der Waals surface area contributed by atoms with Crippen LogP contribution in [0.4, 0.5) is 0 Å². The first-order valence-corrected chi connectivity index (χ1v) is 6.67. The van der Waals surface area contributed by atoms with Crippen LogP contribution in [0, 0.1) is 0 Å². The minimum Gasteiger partial charge on any atom is -0.548 e. The molecule has 5 nitrogen and oxygen atoms in total.